The van der Waals surface area contributed by atoms with Gasteiger partial charge in [-0.25, -0.2) is 9.59 Å². The van der Waals surface area contributed by atoms with Crippen molar-refractivity contribution in [3.05, 3.63) is 65.2 Å². The average molecular weight is 398 g/mol. The van der Waals surface area contributed by atoms with Crippen molar-refractivity contribution in [2.75, 3.05) is 38.7 Å². The SMILES string of the molecule is CCN(CC)CCOC(=O)c1ccc(NC(=O)c2cccc(C(=O)OC)c2)cc1. The minimum absolute atomic E-state index is 0.294. The number of carbonyl (C=O) groups excluding carboxylic acids is 3. The zero-order valence-electron chi connectivity index (χ0n) is 16.9. The van der Waals surface area contributed by atoms with E-state index in [0.29, 0.717) is 35.5 Å². The van der Waals surface area contributed by atoms with Crippen LogP contribution in [0.25, 0.3) is 0 Å². The Balaban J connectivity index is 1.94. The fourth-order valence-electron chi connectivity index (χ4n) is 2.69. The fourth-order valence-corrected chi connectivity index (χ4v) is 2.69. The summed E-state index contributed by atoms with van der Waals surface area (Å²) < 4.78 is 9.95. The first-order chi connectivity index (χ1) is 14.0. The molecule has 0 unspecified atom stereocenters. The summed E-state index contributed by atoms with van der Waals surface area (Å²) in [5.41, 5.74) is 1.56. The van der Waals surface area contributed by atoms with Crippen molar-refractivity contribution in [1.29, 1.82) is 0 Å². The van der Waals surface area contributed by atoms with Gasteiger partial charge < -0.3 is 19.7 Å². The van der Waals surface area contributed by atoms with Gasteiger partial charge in [0.1, 0.15) is 6.61 Å². The van der Waals surface area contributed by atoms with Crippen molar-refractivity contribution >= 4 is 23.5 Å². The smallest absolute Gasteiger partial charge is 0.338 e. The van der Waals surface area contributed by atoms with Gasteiger partial charge in [-0.05, 0) is 55.6 Å². The molecule has 0 saturated carbocycles. The number of anilines is 1. The van der Waals surface area contributed by atoms with Crippen LogP contribution in [0.4, 0.5) is 5.69 Å². The Morgan fingerprint density at radius 3 is 2.17 bits per heavy atom. The molecule has 2 aromatic carbocycles. The van der Waals surface area contributed by atoms with Gasteiger partial charge in [-0.1, -0.05) is 19.9 Å². The lowest BCUT2D eigenvalue weighted by molar-refractivity contribution is 0.0466. The number of hydrogen-bond donors (Lipinski definition) is 1. The molecule has 0 fully saturated rings. The number of ether oxygens (including phenoxy) is 2. The number of carbonyl (C=O) groups is 3. The number of esters is 2. The third-order valence-electron chi connectivity index (χ3n) is 4.46. The predicted octanol–water partition coefficient (Wildman–Crippen LogP) is 3.22. The Kier molecular flexibility index (Phi) is 8.36. The molecule has 1 N–H and O–H groups in total. The highest BCUT2D eigenvalue weighted by Gasteiger charge is 2.12. The maximum atomic E-state index is 12.4. The zero-order valence-corrected chi connectivity index (χ0v) is 16.9. The molecular weight excluding hydrogens is 372 g/mol. The molecule has 7 nitrogen and oxygen atoms in total. The molecule has 0 radical (unpaired) electrons. The molecule has 2 rings (SSSR count). The van der Waals surface area contributed by atoms with E-state index in [1.807, 2.05) is 0 Å². The lowest BCUT2D eigenvalue weighted by Gasteiger charge is -2.17. The van der Waals surface area contributed by atoms with Crippen LogP contribution in [0, 0.1) is 0 Å². The summed E-state index contributed by atoms with van der Waals surface area (Å²) in [6.07, 6.45) is 0. The van der Waals surface area contributed by atoms with Crippen molar-refractivity contribution in [1.82, 2.24) is 4.90 Å². The maximum absolute atomic E-state index is 12.4. The molecule has 0 heterocycles. The van der Waals surface area contributed by atoms with Crippen LogP contribution in [0.1, 0.15) is 44.9 Å². The highest BCUT2D eigenvalue weighted by atomic mass is 16.5. The van der Waals surface area contributed by atoms with Crippen LogP contribution in [-0.4, -0.2) is 56.1 Å². The van der Waals surface area contributed by atoms with Crippen molar-refractivity contribution < 1.29 is 23.9 Å². The van der Waals surface area contributed by atoms with Gasteiger partial charge >= 0.3 is 11.9 Å². The monoisotopic (exact) mass is 398 g/mol. The normalized spacial score (nSPS) is 10.5. The standard InChI is InChI=1S/C22H26N2O5/c1-4-24(5-2)13-14-29-22(27)16-9-11-19(12-10-16)23-20(25)17-7-6-8-18(15-17)21(26)28-3/h6-12,15H,4-5,13-14H2,1-3H3,(H,23,25). The minimum Gasteiger partial charge on any atom is -0.465 e. The van der Waals surface area contributed by atoms with Crippen LogP contribution < -0.4 is 5.32 Å². The number of rotatable bonds is 9. The summed E-state index contributed by atoms with van der Waals surface area (Å²) in [5, 5.41) is 2.73. The van der Waals surface area contributed by atoms with Crippen LogP contribution in [0.5, 0.6) is 0 Å². The van der Waals surface area contributed by atoms with Gasteiger partial charge in [0.15, 0.2) is 0 Å². The number of hydrogen-bond acceptors (Lipinski definition) is 6. The molecule has 29 heavy (non-hydrogen) atoms. The molecule has 2 aromatic rings. The molecule has 0 saturated heterocycles. The summed E-state index contributed by atoms with van der Waals surface area (Å²) in [7, 11) is 1.28. The first kappa shape index (κ1) is 22.1. The molecule has 154 valence electrons. The zero-order chi connectivity index (χ0) is 21.2. The molecule has 0 spiro atoms. The summed E-state index contributed by atoms with van der Waals surface area (Å²) >= 11 is 0. The summed E-state index contributed by atoms with van der Waals surface area (Å²) in [6, 6.07) is 12.7. The number of benzene rings is 2. The van der Waals surface area contributed by atoms with Gasteiger partial charge in [-0.2, -0.15) is 0 Å². The van der Waals surface area contributed by atoms with Crippen LogP contribution in [0.15, 0.2) is 48.5 Å². The average Bonchev–Trinajstić information content (AvgIpc) is 2.76. The lowest BCUT2D eigenvalue weighted by Crippen LogP contribution is -2.27. The van der Waals surface area contributed by atoms with Crippen LogP contribution >= 0.6 is 0 Å². The highest BCUT2D eigenvalue weighted by molar-refractivity contribution is 6.05. The van der Waals surface area contributed by atoms with E-state index in [9.17, 15) is 14.4 Å². The van der Waals surface area contributed by atoms with E-state index in [-0.39, 0.29) is 5.91 Å². The van der Waals surface area contributed by atoms with E-state index in [0.717, 1.165) is 13.1 Å². The van der Waals surface area contributed by atoms with Crippen LogP contribution in [0.3, 0.4) is 0 Å². The van der Waals surface area contributed by atoms with E-state index in [2.05, 4.69) is 28.8 Å². The van der Waals surface area contributed by atoms with E-state index < -0.39 is 11.9 Å². The predicted molar refractivity (Wildman–Crippen MR) is 110 cm³/mol. The Bertz CT molecular complexity index is 845. The quantitative estimate of drug-likeness (QED) is 0.653. The van der Waals surface area contributed by atoms with E-state index >= 15 is 0 Å². The maximum Gasteiger partial charge on any atom is 0.338 e. The second kappa shape index (κ2) is 11.0. The summed E-state index contributed by atoms with van der Waals surface area (Å²) in [6.45, 7) is 6.96. The largest absolute Gasteiger partial charge is 0.465 e. The number of likely N-dealkylation sites (N-methyl/N-ethyl adjacent to an activating group) is 1. The number of nitrogens with zero attached hydrogens (tertiary/aromatic N) is 1. The Morgan fingerprint density at radius 2 is 1.55 bits per heavy atom. The topological polar surface area (TPSA) is 84.9 Å². The first-order valence-corrected chi connectivity index (χ1v) is 9.47. The van der Waals surface area contributed by atoms with Gasteiger partial charge in [-0.3, -0.25) is 4.79 Å². The van der Waals surface area contributed by atoms with Gasteiger partial charge in [0, 0.05) is 17.8 Å². The third-order valence-corrected chi connectivity index (χ3v) is 4.46. The molecule has 7 heteroatoms. The van der Waals surface area contributed by atoms with E-state index in [1.54, 1.807) is 42.5 Å². The van der Waals surface area contributed by atoms with Crippen LogP contribution in [-0.2, 0) is 9.47 Å². The Labute approximate surface area is 170 Å². The van der Waals surface area contributed by atoms with Crippen molar-refractivity contribution in [3.63, 3.8) is 0 Å². The van der Waals surface area contributed by atoms with Gasteiger partial charge in [0.25, 0.3) is 5.91 Å². The number of amides is 1. The second-order valence-electron chi connectivity index (χ2n) is 6.27. The van der Waals surface area contributed by atoms with E-state index in [4.69, 9.17) is 4.74 Å². The molecule has 0 atom stereocenters. The molecule has 0 aromatic heterocycles. The first-order valence-electron chi connectivity index (χ1n) is 9.47. The number of nitrogens with one attached hydrogen (secondary N) is 1. The van der Waals surface area contributed by atoms with Gasteiger partial charge in [0.05, 0.1) is 18.2 Å². The van der Waals surface area contributed by atoms with Gasteiger partial charge in [0.2, 0.25) is 0 Å². The van der Waals surface area contributed by atoms with E-state index in [1.165, 1.54) is 13.2 Å². The van der Waals surface area contributed by atoms with Crippen molar-refractivity contribution in [2.24, 2.45) is 0 Å². The molecule has 1 amide bonds. The lowest BCUT2D eigenvalue weighted by atomic mass is 10.1. The van der Waals surface area contributed by atoms with Gasteiger partial charge in [-0.15, -0.1) is 0 Å². The fraction of sp³-hybridized carbons (Fsp3) is 0.318. The molecule has 0 aliphatic heterocycles. The summed E-state index contributed by atoms with van der Waals surface area (Å²) in [4.78, 5) is 38.3. The molecule has 0 aliphatic carbocycles. The molecular formula is C22H26N2O5. The highest BCUT2D eigenvalue weighted by Crippen LogP contribution is 2.14. The minimum atomic E-state index is -0.511. The Morgan fingerprint density at radius 1 is 0.897 bits per heavy atom. The molecule has 0 aliphatic rings. The van der Waals surface area contributed by atoms with Crippen LogP contribution in [0.2, 0.25) is 0 Å². The second-order valence-corrected chi connectivity index (χ2v) is 6.27. The summed E-state index contributed by atoms with van der Waals surface area (Å²) in [5.74, 6) is -1.28. The third kappa shape index (κ3) is 6.43. The molecule has 0 bridgehead atoms. The van der Waals surface area contributed by atoms with Crippen molar-refractivity contribution in [2.45, 2.75) is 13.8 Å². The number of methoxy groups -OCH3 is 1. The van der Waals surface area contributed by atoms with Crippen molar-refractivity contribution in [3.8, 4) is 0 Å². The Hall–Kier alpha value is -3.19.